The van der Waals surface area contributed by atoms with Crippen molar-refractivity contribution in [2.45, 2.75) is 43.9 Å². The quantitative estimate of drug-likeness (QED) is 0.102. The standard InChI is InChI=1S/C36H42F2N5O14P/c1-22(32(45)52-16-13-42-11-14-51-15-12-42)41-58(48,57-24-7-5-4-6-8-24)54-21-28-31(44)36(37,38)33(56-28)43-10-9-29(39-34(43)46)40-35(47)53-20-26-18-23-17-25(49-2)19-27(50-3)30(23)55-26/h4-10,17-19,22,28,31,33,44H,11-16,20-21H2,1-3H3,(H,41,48)(H,39,40,46,47)/t22-,28?,31+,33+,58?/m0/s1. The van der Waals surface area contributed by atoms with E-state index >= 15 is 8.78 Å². The summed E-state index contributed by atoms with van der Waals surface area (Å²) in [5, 5.41) is 15.9. The second-order valence-electron chi connectivity index (χ2n) is 13.0. The van der Waals surface area contributed by atoms with Gasteiger partial charge in [-0.25, -0.2) is 14.2 Å². The van der Waals surface area contributed by atoms with Gasteiger partial charge in [0.1, 0.15) is 41.8 Å². The minimum atomic E-state index is -4.56. The van der Waals surface area contributed by atoms with Gasteiger partial charge in [-0.2, -0.15) is 18.9 Å². The highest BCUT2D eigenvalue weighted by Crippen LogP contribution is 2.48. The van der Waals surface area contributed by atoms with Gasteiger partial charge in [-0.1, -0.05) is 18.2 Å². The van der Waals surface area contributed by atoms with Gasteiger partial charge in [0, 0.05) is 37.3 Å². The molecule has 0 saturated carbocycles. The number of halogens is 2. The number of carbonyl (C=O) groups is 2. The van der Waals surface area contributed by atoms with E-state index in [-0.39, 0.29) is 30.5 Å². The third kappa shape index (κ3) is 10.3. The van der Waals surface area contributed by atoms with Crippen molar-refractivity contribution in [1.29, 1.82) is 0 Å². The lowest BCUT2D eigenvalue weighted by Gasteiger charge is -2.27. The van der Waals surface area contributed by atoms with Crippen molar-refractivity contribution < 1.29 is 69.9 Å². The number of amides is 1. The van der Waals surface area contributed by atoms with Crippen LogP contribution in [0.3, 0.4) is 0 Å². The summed E-state index contributed by atoms with van der Waals surface area (Å²) in [6.45, 7) is 3.05. The number of anilines is 1. The Labute approximate surface area is 329 Å². The van der Waals surface area contributed by atoms with Crippen LogP contribution in [0, 0.1) is 0 Å². The molecule has 1 amide bonds. The first kappa shape index (κ1) is 42.5. The summed E-state index contributed by atoms with van der Waals surface area (Å²) in [5.41, 5.74) is -0.888. The van der Waals surface area contributed by atoms with Crippen molar-refractivity contribution in [1.82, 2.24) is 19.5 Å². The molecule has 19 nitrogen and oxygen atoms in total. The first-order chi connectivity index (χ1) is 27.8. The van der Waals surface area contributed by atoms with Crippen molar-refractivity contribution in [3.05, 3.63) is 77.0 Å². The van der Waals surface area contributed by atoms with Gasteiger partial charge in [0.25, 0.3) is 0 Å². The van der Waals surface area contributed by atoms with Crippen LogP contribution in [0.4, 0.5) is 19.4 Å². The lowest BCUT2D eigenvalue weighted by Crippen LogP contribution is -2.42. The fourth-order valence-electron chi connectivity index (χ4n) is 5.93. The van der Waals surface area contributed by atoms with Gasteiger partial charge < -0.3 is 42.5 Å². The fourth-order valence-corrected chi connectivity index (χ4v) is 7.43. The Morgan fingerprint density at radius 3 is 2.53 bits per heavy atom. The first-order valence-electron chi connectivity index (χ1n) is 17.9. The van der Waals surface area contributed by atoms with E-state index in [9.17, 15) is 24.1 Å². The number of morpholine rings is 1. The van der Waals surface area contributed by atoms with Crippen LogP contribution in [-0.4, -0.2) is 116 Å². The third-order valence-corrected chi connectivity index (χ3v) is 10.6. The number of aliphatic hydroxyl groups is 1. The zero-order chi connectivity index (χ0) is 41.5. The summed E-state index contributed by atoms with van der Waals surface area (Å²) in [6, 6.07) is 12.4. The van der Waals surface area contributed by atoms with Gasteiger partial charge in [-0.3, -0.25) is 24.1 Å². The molecule has 4 heterocycles. The molecule has 58 heavy (non-hydrogen) atoms. The number of nitrogens with zero attached hydrogens (tertiary/aromatic N) is 3. The normalized spacial score (nSPS) is 20.8. The second-order valence-corrected chi connectivity index (χ2v) is 14.7. The van der Waals surface area contributed by atoms with E-state index in [0.29, 0.717) is 59.9 Å². The highest BCUT2D eigenvalue weighted by atomic mass is 31.2. The molecule has 0 radical (unpaired) electrons. The number of hydrogen-bond donors (Lipinski definition) is 3. The Kier molecular flexibility index (Phi) is 13.6. The predicted molar refractivity (Wildman–Crippen MR) is 198 cm³/mol. The number of alkyl halides is 2. The zero-order valence-corrected chi connectivity index (χ0v) is 32.4. The molecule has 2 unspecified atom stereocenters. The molecule has 2 saturated heterocycles. The number of benzene rings is 2. The molecule has 2 aromatic heterocycles. The van der Waals surface area contributed by atoms with Crippen molar-refractivity contribution in [3.63, 3.8) is 0 Å². The van der Waals surface area contributed by atoms with Crippen LogP contribution in [0.25, 0.3) is 11.0 Å². The summed E-state index contributed by atoms with van der Waals surface area (Å²) < 4.78 is 93.8. The molecule has 0 spiro atoms. The summed E-state index contributed by atoms with van der Waals surface area (Å²) in [5.74, 6) is -4.01. The second kappa shape index (κ2) is 18.6. The van der Waals surface area contributed by atoms with Crippen molar-refractivity contribution in [2.24, 2.45) is 0 Å². The van der Waals surface area contributed by atoms with E-state index in [1.54, 1.807) is 36.4 Å². The predicted octanol–water partition coefficient (Wildman–Crippen LogP) is 3.71. The van der Waals surface area contributed by atoms with Gasteiger partial charge in [0.2, 0.25) is 6.23 Å². The fraction of sp³-hybridized carbons (Fsp3) is 0.444. The van der Waals surface area contributed by atoms with E-state index in [2.05, 4.69) is 15.4 Å². The van der Waals surface area contributed by atoms with Crippen LogP contribution in [0.1, 0.15) is 18.9 Å². The molecule has 6 rings (SSSR count). The molecule has 314 valence electrons. The molecule has 22 heteroatoms. The van der Waals surface area contributed by atoms with Crippen LogP contribution in [0.15, 0.2) is 70.0 Å². The van der Waals surface area contributed by atoms with E-state index < -0.39 is 62.5 Å². The number of rotatable bonds is 17. The minimum Gasteiger partial charge on any atom is -0.497 e. The van der Waals surface area contributed by atoms with Crippen LogP contribution in [0.2, 0.25) is 0 Å². The Morgan fingerprint density at radius 1 is 1.07 bits per heavy atom. The SMILES string of the molecule is COc1cc(OC)c2oc(COC(=O)Nc3ccn([C@@H]4OC(COP(=O)(N[C@@H](C)C(=O)OCCN5CCOCC5)Oc5ccccc5)[C@@H](O)C4(F)F)c(=O)n3)cc2c1. The van der Waals surface area contributed by atoms with Crippen LogP contribution >= 0.6 is 7.75 Å². The largest absolute Gasteiger partial charge is 0.497 e. The number of hydrogen-bond acceptors (Lipinski definition) is 16. The first-order valence-corrected chi connectivity index (χ1v) is 19.5. The summed E-state index contributed by atoms with van der Waals surface area (Å²) in [4.78, 5) is 43.9. The highest BCUT2D eigenvalue weighted by Gasteiger charge is 2.60. The summed E-state index contributed by atoms with van der Waals surface area (Å²) >= 11 is 0. The molecular weight excluding hydrogens is 795 g/mol. The number of esters is 1. The van der Waals surface area contributed by atoms with Gasteiger partial charge in [-0.05, 0) is 37.3 Å². The monoisotopic (exact) mass is 837 g/mol. The molecule has 2 aliphatic rings. The molecule has 0 aliphatic carbocycles. The highest BCUT2D eigenvalue weighted by molar-refractivity contribution is 7.52. The number of nitrogens with one attached hydrogen (secondary N) is 2. The lowest BCUT2D eigenvalue weighted by molar-refractivity contribution is -0.146. The number of methoxy groups -OCH3 is 2. The van der Waals surface area contributed by atoms with Gasteiger partial charge in [0.15, 0.2) is 24.0 Å². The van der Waals surface area contributed by atoms with E-state index in [0.717, 1.165) is 12.3 Å². The summed E-state index contributed by atoms with van der Waals surface area (Å²) in [6.07, 6.45) is -7.00. The molecule has 4 aromatic rings. The Hall–Kier alpha value is -5.15. The number of furan rings is 1. The molecule has 2 aliphatic heterocycles. The van der Waals surface area contributed by atoms with Gasteiger partial charge in [-0.15, -0.1) is 0 Å². The molecule has 5 atom stereocenters. The van der Waals surface area contributed by atoms with Crippen LogP contribution < -0.4 is 30.1 Å². The van der Waals surface area contributed by atoms with Gasteiger partial charge in [0.05, 0.1) is 34.0 Å². The maximum atomic E-state index is 15.5. The molecule has 2 fully saturated rings. The number of aromatic nitrogens is 2. The Morgan fingerprint density at radius 2 is 1.83 bits per heavy atom. The average Bonchev–Trinajstić information content (AvgIpc) is 3.73. The number of carbonyl (C=O) groups excluding carboxylic acids is 2. The lowest BCUT2D eigenvalue weighted by atomic mass is 10.1. The van der Waals surface area contributed by atoms with Crippen molar-refractivity contribution >= 4 is 36.6 Å². The minimum absolute atomic E-state index is 0.0416. The van der Waals surface area contributed by atoms with E-state index in [4.69, 9.17) is 41.9 Å². The molecular formula is C36H42F2N5O14P. The number of para-hydroxylation sites is 1. The Balaban J connectivity index is 1.06. The summed E-state index contributed by atoms with van der Waals surface area (Å²) in [7, 11) is -1.61. The number of ether oxygens (including phenoxy) is 6. The molecule has 2 aromatic carbocycles. The van der Waals surface area contributed by atoms with Crippen molar-refractivity contribution in [2.75, 3.05) is 65.6 Å². The maximum Gasteiger partial charge on any atom is 0.459 e. The average molecular weight is 838 g/mol. The smallest absolute Gasteiger partial charge is 0.459 e. The Bertz CT molecular complexity index is 2150. The third-order valence-electron chi connectivity index (χ3n) is 8.94. The number of aliphatic hydroxyl groups excluding tert-OH is 1. The van der Waals surface area contributed by atoms with E-state index in [1.165, 1.54) is 33.3 Å². The van der Waals surface area contributed by atoms with Gasteiger partial charge >= 0.3 is 31.4 Å². The van der Waals surface area contributed by atoms with E-state index in [1.807, 2.05) is 4.90 Å². The molecule has 3 N–H and O–H groups in total. The topological polar surface area (TPSA) is 221 Å². The van der Waals surface area contributed by atoms with Crippen molar-refractivity contribution in [3.8, 4) is 17.2 Å². The van der Waals surface area contributed by atoms with Crippen LogP contribution in [0.5, 0.6) is 17.2 Å². The maximum absolute atomic E-state index is 15.5. The number of fused-ring (bicyclic) bond motifs is 1. The van der Waals surface area contributed by atoms with Crippen LogP contribution in [-0.2, 0) is 39.4 Å². The zero-order valence-electron chi connectivity index (χ0n) is 31.5. The molecule has 0 bridgehead atoms.